The first kappa shape index (κ1) is 25.1. The Morgan fingerprint density at radius 2 is 2.03 bits per heavy atom. The highest BCUT2D eigenvalue weighted by molar-refractivity contribution is 7.20. The monoisotopic (exact) mass is 477 g/mol. The first-order valence-corrected chi connectivity index (χ1v) is 11.7. The Kier molecular flexibility index (Phi) is 8.41. The van der Waals surface area contributed by atoms with E-state index >= 15 is 0 Å². The van der Waals surface area contributed by atoms with Crippen molar-refractivity contribution in [1.82, 2.24) is 14.9 Å². The number of thiophene rings is 1. The summed E-state index contributed by atoms with van der Waals surface area (Å²) in [6.07, 6.45) is 0.617. The molecule has 0 saturated heterocycles. The molecule has 1 atom stereocenters. The summed E-state index contributed by atoms with van der Waals surface area (Å²) in [4.78, 5) is 35.4. The van der Waals surface area contributed by atoms with Crippen molar-refractivity contribution < 1.29 is 23.8 Å². The van der Waals surface area contributed by atoms with E-state index in [0.29, 0.717) is 39.6 Å². The maximum atomic E-state index is 12.8. The smallest absolute Gasteiger partial charge is 0.348 e. The van der Waals surface area contributed by atoms with Gasteiger partial charge >= 0.3 is 5.97 Å². The molecule has 0 aliphatic carbocycles. The third kappa shape index (κ3) is 6.73. The number of aromatic nitrogens is 2. The van der Waals surface area contributed by atoms with Crippen molar-refractivity contribution in [3.63, 3.8) is 0 Å². The number of hydrogen-bond acceptors (Lipinski definition) is 9. The van der Waals surface area contributed by atoms with Crippen LogP contribution in [0.1, 0.15) is 54.5 Å². The third-order valence-electron chi connectivity index (χ3n) is 4.80. The lowest BCUT2D eigenvalue weighted by atomic mass is 10.2. The molecule has 3 aromatic rings. The second-order valence-electron chi connectivity index (χ2n) is 8.49. The van der Waals surface area contributed by atoms with Gasteiger partial charge in [0.1, 0.15) is 21.3 Å². The Labute approximate surface area is 196 Å². The molecule has 3 heterocycles. The number of ether oxygens (including phenoxy) is 2. The van der Waals surface area contributed by atoms with Crippen LogP contribution in [0.25, 0.3) is 10.2 Å². The number of esters is 1. The van der Waals surface area contributed by atoms with Crippen LogP contribution < -0.4 is 5.56 Å². The van der Waals surface area contributed by atoms with Crippen molar-refractivity contribution in [3.05, 3.63) is 50.8 Å². The van der Waals surface area contributed by atoms with E-state index in [4.69, 9.17) is 13.9 Å². The van der Waals surface area contributed by atoms with Gasteiger partial charge in [0, 0.05) is 6.54 Å². The summed E-state index contributed by atoms with van der Waals surface area (Å²) in [5.41, 5.74) is 0.253. The number of aliphatic hydroxyl groups excluding tert-OH is 1. The van der Waals surface area contributed by atoms with Gasteiger partial charge in [0.15, 0.2) is 0 Å². The van der Waals surface area contributed by atoms with E-state index < -0.39 is 12.1 Å². The molecule has 0 aliphatic rings. The largest absolute Gasteiger partial charge is 0.468 e. The van der Waals surface area contributed by atoms with Crippen LogP contribution in [0.15, 0.2) is 27.6 Å². The van der Waals surface area contributed by atoms with Crippen LogP contribution in [0.3, 0.4) is 0 Å². The first-order chi connectivity index (χ1) is 15.6. The van der Waals surface area contributed by atoms with Crippen LogP contribution in [0.2, 0.25) is 0 Å². The number of nitrogens with zero attached hydrogens (tertiary/aromatic N) is 2. The number of nitrogens with one attached hydrogen (secondary N) is 1. The maximum absolute atomic E-state index is 12.8. The van der Waals surface area contributed by atoms with Gasteiger partial charge in [-0.2, -0.15) is 0 Å². The Morgan fingerprint density at radius 1 is 1.27 bits per heavy atom. The van der Waals surface area contributed by atoms with Crippen LogP contribution in [0.4, 0.5) is 0 Å². The van der Waals surface area contributed by atoms with Gasteiger partial charge in [0.25, 0.3) is 5.56 Å². The van der Waals surface area contributed by atoms with Crippen LogP contribution in [0, 0.1) is 6.92 Å². The molecule has 2 N–H and O–H groups in total. The molecule has 3 rings (SSSR count). The van der Waals surface area contributed by atoms with Crippen molar-refractivity contribution in [2.45, 2.75) is 66.0 Å². The van der Waals surface area contributed by atoms with E-state index in [0.717, 1.165) is 17.1 Å². The summed E-state index contributed by atoms with van der Waals surface area (Å²) in [6, 6.07) is 3.64. The molecule has 0 aromatic carbocycles. The van der Waals surface area contributed by atoms with Gasteiger partial charge in [-0.1, -0.05) is 0 Å². The van der Waals surface area contributed by atoms with E-state index in [1.165, 1.54) is 0 Å². The second-order valence-corrected chi connectivity index (χ2v) is 9.49. The topological polar surface area (TPSA) is 118 Å². The number of aryl methyl sites for hydroxylation is 1. The highest BCUT2D eigenvalue weighted by Gasteiger charge is 2.22. The fraction of sp³-hybridized carbons (Fsp3) is 0.522. The van der Waals surface area contributed by atoms with E-state index in [2.05, 4.69) is 9.97 Å². The fourth-order valence-corrected chi connectivity index (χ4v) is 4.48. The zero-order valence-electron chi connectivity index (χ0n) is 19.6. The van der Waals surface area contributed by atoms with Crippen LogP contribution >= 0.6 is 11.3 Å². The highest BCUT2D eigenvalue weighted by atomic mass is 32.1. The Hall–Kier alpha value is -2.53. The maximum Gasteiger partial charge on any atom is 0.348 e. The summed E-state index contributed by atoms with van der Waals surface area (Å²) in [7, 11) is 0. The number of fused-ring (bicyclic) bond motifs is 1. The summed E-state index contributed by atoms with van der Waals surface area (Å²) in [6.45, 7) is 10.3. The number of hydrogen-bond donors (Lipinski definition) is 2. The van der Waals surface area contributed by atoms with E-state index in [9.17, 15) is 14.7 Å². The van der Waals surface area contributed by atoms with Gasteiger partial charge in [-0.25, -0.2) is 9.78 Å². The molecule has 33 heavy (non-hydrogen) atoms. The fourth-order valence-electron chi connectivity index (χ4n) is 3.40. The lowest BCUT2D eigenvalue weighted by molar-refractivity contribution is -0.0117. The van der Waals surface area contributed by atoms with Crippen LogP contribution in [0.5, 0.6) is 0 Å². The molecule has 9 nitrogen and oxygen atoms in total. The second kappa shape index (κ2) is 11.1. The van der Waals surface area contributed by atoms with Crippen molar-refractivity contribution in [1.29, 1.82) is 0 Å². The summed E-state index contributed by atoms with van der Waals surface area (Å²) in [5.74, 6) is 0.696. The number of aliphatic hydroxyl groups is 1. The molecule has 0 fully saturated rings. The molecule has 0 radical (unpaired) electrons. The summed E-state index contributed by atoms with van der Waals surface area (Å²) >= 11 is 1.15. The SMILES string of the molecule is Cc1c(C(=O)OC(C)C)sc2nc(CN(Cc3ccco3)CC(O)COC(C)C)[nH]c(=O)c12. The van der Waals surface area contributed by atoms with E-state index in [1.807, 2.05) is 24.8 Å². The average molecular weight is 478 g/mol. The number of aromatic amines is 1. The summed E-state index contributed by atoms with van der Waals surface area (Å²) < 4.78 is 16.3. The molecule has 0 aliphatic heterocycles. The van der Waals surface area contributed by atoms with E-state index in [1.54, 1.807) is 33.1 Å². The highest BCUT2D eigenvalue weighted by Crippen LogP contribution is 2.28. The van der Waals surface area contributed by atoms with Crippen molar-refractivity contribution in [2.24, 2.45) is 0 Å². The number of H-pyrrole nitrogens is 1. The molecule has 0 saturated carbocycles. The molecule has 10 heteroatoms. The quantitative estimate of drug-likeness (QED) is 0.404. The van der Waals surface area contributed by atoms with Crippen molar-refractivity contribution >= 4 is 27.5 Å². The predicted octanol–water partition coefficient (Wildman–Crippen LogP) is 3.24. The molecule has 3 aromatic heterocycles. The minimum absolute atomic E-state index is 0.0113. The number of rotatable bonds is 11. The van der Waals surface area contributed by atoms with Crippen molar-refractivity contribution in [2.75, 3.05) is 13.2 Å². The van der Waals surface area contributed by atoms with Gasteiger partial charge in [-0.15, -0.1) is 11.3 Å². The standard InChI is InChI=1S/C23H31N3O6S/c1-13(2)31-12-16(27)9-26(10-17-7-6-8-30-17)11-18-24-21(28)19-15(5)20(33-22(19)25-18)23(29)32-14(3)4/h6-8,13-14,16,27H,9-12H2,1-5H3,(H,24,25,28). The Morgan fingerprint density at radius 3 is 2.67 bits per heavy atom. The van der Waals surface area contributed by atoms with Gasteiger partial charge in [-0.3, -0.25) is 9.69 Å². The first-order valence-electron chi connectivity index (χ1n) is 10.9. The van der Waals surface area contributed by atoms with Gasteiger partial charge in [-0.05, 0) is 52.3 Å². The van der Waals surface area contributed by atoms with Crippen LogP contribution in [-0.2, 0) is 22.6 Å². The Bertz CT molecular complexity index is 1120. The van der Waals surface area contributed by atoms with Crippen LogP contribution in [-0.4, -0.2) is 57.4 Å². The number of furan rings is 1. The van der Waals surface area contributed by atoms with Crippen molar-refractivity contribution in [3.8, 4) is 0 Å². The zero-order chi connectivity index (χ0) is 24.1. The zero-order valence-corrected chi connectivity index (χ0v) is 20.4. The number of carbonyl (C=O) groups excluding carboxylic acids is 1. The Balaban J connectivity index is 1.85. The molecule has 0 bridgehead atoms. The van der Waals surface area contributed by atoms with Gasteiger partial charge < -0.3 is 24.0 Å². The molecule has 1 unspecified atom stereocenters. The third-order valence-corrected chi connectivity index (χ3v) is 5.97. The number of carbonyl (C=O) groups is 1. The average Bonchev–Trinajstić information content (AvgIpc) is 3.33. The molecular weight excluding hydrogens is 446 g/mol. The molecule has 180 valence electrons. The van der Waals surface area contributed by atoms with Gasteiger partial charge in [0.2, 0.25) is 0 Å². The molecule has 0 amide bonds. The van der Waals surface area contributed by atoms with Gasteiger partial charge in [0.05, 0.1) is 49.7 Å². The molecular formula is C23H31N3O6S. The van der Waals surface area contributed by atoms with E-state index in [-0.39, 0.29) is 30.9 Å². The predicted molar refractivity (Wildman–Crippen MR) is 125 cm³/mol. The lowest BCUT2D eigenvalue weighted by Crippen LogP contribution is -2.35. The minimum atomic E-state index is -0.723. The summed E-state index contributed by atoms with van der Waals surface area (Å²) in [5, 5.41) is 10.8. The minimum Gasteiger partial charge on any atom is -0.468 e. The lowest BCUT2D eigenvalue weighted by Gasteiger charge is -2.24. The normalized spacial score (nSPS) is 12.9. The molecule has 0 spiro atoms.